The number of aliphatic hydroxyl groups is 1. The van der Waals surface area contributed by atoms with Crippen LogP contribution in [0.3, 0.4) is 0 Å². The minimum Gasteiger partial charge on any atom is -0.392 e. The van der Waals surface area contributed by atoms with Crippen LogP contribution in [0.25, 0.3) is 0 Å². The molecule has 1 atom stereocenters. The summed E-state index contributed by atoms with van der Waals surface area (Å²) in [4.78, 5) is 11.9. The summed E-state index contributed by atoms with van der Waals surface area (Å²) in [5.74, 6) is 1.24. The van der Waals surface area contributed by atoms with E-state index in [9.17, 15) is 4.79 Å². The maximum absolute atomic E-state index is 11.9. The van der Waals surface area contributed by atoms with Crippen molar-refractivity contribution in [1.29, 1.82) is 0 Å². The number of rotatable bonds is 4. The van der Waals surface area contributed by atoms with Crippen molar-refractivity contribution in [1.82, 2.24) is 5.32 Å². The molecule has 3 nitrogen and oxygen atoms in total. The number of benzene rings is 1. The number of carbonyl (C=O) groups excluding carboxylic acids is 1. The Morgan fingerprint density at radius 1 is 1.39 bits per heavy atom. The van der Waals surface area contributed by atoms with Gasteiger partial charge in [0.1, 0.15) is 0 Å². The van der Waals surface area contributed by atoms with Gasteiger partial charge in [0, 0.05) is 6.54 Å². The van der Waals surface area contributed by atoms with Gasteiger partial charge in [-0.2, -0.15) is 0 Å². The van der Waals surface area contributed by atoms with E-state index in [2.05, 4.69) is 5.32 Å². The van der Waals surface area contributed by atoms with E-state index in [-0.39, 0.29) is 17.8 Å². The Morgan fingerprint density at radius 2 is 2.22 bits per heavy atom. The van der Waals surface area contributed by atoms with Gasteiger partial charge in [0.15, 0.2) is 0 Å². The van der Waals surface area contributed by atoms with Gasteiger partial charge in [-0.15, -0.1) is 11.8 Å². The third-order valence-electron chi connectivity index (χ3n) is 3.11. The molecule has 1 saturated heterocycles. The maximum atomic E-state index is 11.9. The van der Waals surface area contributed by atoms with E-state index in [1.54, 1.807) is 11.8 Å². The molecule has 1 unspecified atom stereocenters. The first-order valence-corrected chi connectivity index (χ1v) is 7.42. The van der Waals surface area contributed by atoms with Crippen LogP contribution in [0.1, 0.15) is 30.4 Å². The van der Waals surface area contributed by atoms with Crippen molar-refractivity contribution in [3.63, 3.8) is 0 Å². The minimum absolute atomic E-state index is 0.0419. The number of hydrogen-bond donors (Lipinski definition) is 2. The molecule has 0 radical (unpaired) electrons. The van der Waals surface area contributed by atoms with Crippen molar-refractivity contribution in [2.24, 2.45) is 0 Å². The molecule has 0 saturated carbocycles. The summed E-state index contributed by atoms with van der Waals surface area (Å²) in [5.41, 5.74) is 1.92. The summed E-state index contributed by atoms with van der Waals surface area (Å²) >= 11 is 1.76. The number of amides is 1. The molecule has 4 heteroatoms. The Hall–Kier alpha value is -1.00. The molecule has 18 heavy (non-hydrogen) atoms. The lowest BCUT2D eigenvalue weighted by Crippen LogP contribution is -2.33. The molecule has 0 bridgehead atoms. The van der Waals surface area contributed by atoms with Gasteiger partial charge in [0.05, 0.1) is 11.9 Å². The van der Waals surface area contributed by atoms with Crippen LogP contribution in [0.5, 0.6) is 0 Å². The summed E-state index contributed by atoms with van der Waals surface area (Å²) in [6.07, 6.45) is 3.38. The lowest BCUT2D eigenvalue weighted by molar-refractivity contribution is -0.120. The fourth-order valence-corrected chi connectivity index (χ4v) is 3.31. The molecule has 1 amide bonds. The SMILES string of the molecule is O=C(NCc1cccc(CO)c1)C1CCCCS1. The number of nitrogens with one attached hydrogen (secondary N) is 1. The Bertz CT molecular complexity index is 403. The Morgan fingerprint density at radius 3 is 2.94 bits per heavy atom. The van der Waals surface area contributed by atoms with Gasteiger partial charge in [0.25, 0.3) is 0 Å². The second-order valence-corrected chi connectivity index (χ2v) is 5.86. The lowest BCUT2D eigenvalue weighted by Gasteiger charge is -2.20. The zero-order valence-electron chi connectivity index (χ0n) is 10.4. The summed E-state index contributed by atoms with van der Waals surface area (Å²) < 4.78 is 0. The van der Waals surface area contributed by atoms with Crippen molar-refractivity contribution in [3.8, 4) is 0 Å². The number of carbonyl (C=O) groups is 1. The molecule has 1 aromatic carbocycles. The van der Waals surface area contributed by atoms with Gasteiger partial charge in [-0.05, 0) is 29.7 Å². The highest BCUT2D eigenvalue weighted by Gasteiger charge is 2.21. The van der Waals surface area contributed by atoms with Crippen molar-refractivity contribution >= 4 is 17.7 Å². The van der Waals surface area contributed by atoms with Crippen LogP contribution in [0.4, 0.5) is 0 Å². The lowest BCUT2D eigenvalue weighted by atomic mass is 10.1. The first kappa shape index (κ1) is 13.4. The van der Waals surface area contributed by atoms with Crippen LogP contribution in [0, 0.1) is 0 Å². The molecule has 0 aromatic heterocycles. The number of aliphatic hydroxyl groups excluding tert-OH is 1. The third-order valence-corrected chi connectivity index (χ3v) is 4.49. The molecule has 1 heterocycles. The minimum atomic E-state index is 0.0419. The van der Waals surface area contributed by atoms with E-state index in [0.29, 0.717) is 6.54 Å². The van der Waals surface area contributed by atoms with Crippen molar-refractivity contribution < 1.29 is 9.90 Å². The standard InChI is InChI=1S/C14H19NO2S/c16-10-12-5-3-4-11(8-12)9-15-14(17)13-6-1-2-7-18-13/h3-5,8,13,16H,1-2,6-7,9-10H2,(H,15,17). The largest absolute Gasteiger partial charge is 0.392 e. The first-order valence-electron chi connectivity index (χ1n) is 6.37. The Balaban J connectivity index is 1.84. The highest BCUT2D eigenvalue weighted by molar-refractivity contribution is 8.00. The first-order chi connectivity index (χ1) is 8.79. The predicted octanol–water partition coefficient (Wildman–Crippen LogP) is 2.08. The maximum Gasteiger partial charge on any atom is 0.233 e. The highest BCUT2D eigenvalue weighted by Crippen LogP contribution is 2.25. The summed E-state index contributed by atoms with van der Waals surface area (Å²) in [6.45, 7) is 0.587. The van der Waals surface area contributed by atoms with Crippen molar-refractivity contribution in [2.75, 3.05) is 5.75 Å². The fraction of sp³-hybridized carbons (Fsp3) is 0.500. The molecule has 0 spiro atoms. The van der Waals surface area contributed by atoms with E-state index < -0.39 is 0 Å². The van der Waals surface area contributed by atoms with Gasteiger partial charge in [0.2, 0.25) is 5.91 Å². The molecule has 1 aliphatic rings. The second kappa shape index (κ2) is 6.81. The molecule has 1 fully saturated rings. The van der Waals surface area contributed by atoms with Crippen molar-refractivity contribution in [3.05, 3.63) is 35.4 Å². The normalized spacial score (nSPS) is 19.5. The van der Waals surface area contributed by atoms with Crippen LogP contribution < -0.4 is 5.32 Å². The van der Waals surface area contributed by atoms with Gasteiger partial charge >= 0.3 is 0 Å². The summed E-state index contributed by atoms with van der Waals surface area (Å²) in [6, 6.07) is 7.67. The molecule has 98 valence electrons. The second-order valence-electron chi connectivity index (χ2n) is 4.55. The molecule has 2 N–H and O–H groups in total. The molecule has 1 aliphatic heterocycles. The van der Waals surface area contributed by atoms with E-state index in [0.717, 1.165) is 29.7 Å². The Kier molecular flexibility index (Phi) is 5.08. The van der Waals surface area contributed by atoms with Crippen LogP contribution in [0.15, 0.2) is 24.3 Å². The van der Waals surface area contributed by atoms with E-state index in [1.165, 1.54) is 6.42 Å². The Labute approximate surface area is 112 Å². The van der Waals surface area contributed by atoms with Gasteiger partial charge < -0.3 is 10.4 Å². The molecule has 1 aromatic rings. The molecule has 2 rings (SSSR count). The average Bonchev–Trinajstić information content (AvgIpc) is 2.46. The van der Waals surface area contributed by atoms with Gasteiger partial charge in [-0.1, -0.05) is 30.7 Å². The highest BCUT2D eigenvalue weighted by atomic mass is 32.2. The van der Waals surface area contributed by atoms with Gasteiger partial charge in [-0.3, -0.25) is 4.79 Å². The van der Waals surface area contributed by atoms with Crippen LogP contribution in [0.2, 0.25) is 0 Å². The van der Waals surface area contributed by atoms with E-state index >= 15 is 0 Å². The number of hydrogen-bond acceptors (Lipinski definition) is 3. The van der Waals surface area contributed by atoms with Crippen LogP contribution in [-0.4, -0.2) is 22.0 Å². The average molecular weight is 265 g/mol. The quantitative estimate of drug-likeness (QED) is 0.876. The van der Waals surface area contributed by atoms with Gasteiger partial charge in [-0.25, -0.2) is 0 Å². The van der Waals surface area contributed by atoms with E-state index in [1.807, 2.05) is 24.3 Å². The molecular formula is C14H19NO2S. The zero-order valence-corrected chi connectivity index (χ0v) is 11.2. The smallest absolute Gasteiger partial charge is 0.233 e. The van der Waals surface area contributed by atoms with Crippen LogP contribution >= 0.6 is 11.8 Å². The summed E-state index contributed by atoms with van der Waals surface area (Å²) in [7, 11) is 0. The topological polar surface area (TPSA) is 49.3 Å². The zero-order chi connectivity index (χ0) is 12.8. The third kappa shape index (κ3) is 3.75. The fourth-order valence-electron chi connectivity index (χ4n) is 2.09. The molecular weight excluding hydrogens is 246 g/mol. The van der Waals surface area contributed by atoms with E-state index in [4.69, 9.17) is 5.11 Å². The van der Waals surface area contributed by atoms with Crippen LogP contribution in [-0.2, 0) is 17.9 Å². The predicted molar refractivity (Wildman–Crippen MR) is 74.3 cm³/mol. The summed E-state index contributed by atoms with van der Waals surface area (Å²) in [5, 5.41) is 12.2. The molecule has 0 aliphatic carbocycles. The monoisotopic (exact) mass is 265 g/mol. The number of thioether (sulfide) groups is 1. The van der Waals surface area contributed by atoms with Crippen molar-refractivity contribution in [2.45, 2.75) is 37.7 Å².